The van der Waals surface area contributed by atoms with Gasteiger partial charge in [-0.05, 0) is 12.1 Å². The number of phenols is 2. The summed E-state index contributed by atoms with van der Waals surface area (Å²) in [6.07, 6.45) is 0.484. The molecule has 1 saturated heterocycles. The minimum atomic E-state index is -0.417. The van der Waals surface area contributed by atoms with Gasteiger partial charge >= 0.3 is 0 Å². The molecule has 1 amide bonds. The number of oxime groups is 1. The van der Waals surface area contributed by atoms with Crippen molar-refractivity contribution in [1.82, 2.24) is 4.90 Å². The molecule has 6 heteroatoms. The van der Waals surface area contributed by atoms with E-state index >= 15 is 0 Å². The monoisotopic (exact) mass is 264 g/mol. The van der Waals surface area contributed by atoms with Gasteiger partial charge in [0.1, 0.15) is 17.1 Å². The number of piperidine rings is 1. The van der Waals surface area contributed by atoms with Crippen molar-refractivity contribution in [2.75, 3.05) is 13.1 Å². The predicted octanol–water partition coefficient (Wildman–Crippen LogP) is 1.41. The summed E-state index contributed by atoms with van der Waals surface area (Å²) < 4.78 is 0. The highest BCUT2D eigenvalue weighted by Gasteiger charge is 2.29. The molecule has 1 fully saturated rings. The number of phenolic OH excluding ortho intramolecular Hbond substituents is 2. The van der Waals surface area contributed by atoms with Crippen LogP contribution in [0.4, 0.5) is 0 Å². The van der Waals surface area contributed by atoms with Gasteiger partial charge in [-0.25, -0.2) is 0 Å². The van der Waals surface area contributed by atoms with E-state index < -0.39 is 5.91 Å². The Kier molecular flexibility index (Phi) is 3.59. The van der Waals surface area contributed by atoms with Crippen LogP contribution in [-0.4, -0.2) is 45.0 Å². The molecule has 0 spiro atoms. The quantitative estimate of drug-likeness (QED) is 0.528. The predicted molar refractivity (Wildman–Crippen MR) is 68.7 cm³/mol. The molecule has 1 aliphatic rings. The van der Waals surface area contributed by atoms with E-state index in [0.29, 0.717) is 25.2 Å². The third-order valence-corrected chi connectivity index (χ3v) is 3.35. The molecule has 6 nitrogen and oxygen atoms in total. The second-order valence-corrected chi connectivity index (χ2v) is 4.66. The zero-order valence-electron chi connectivity index (χ0n) is 10.6. The minimum absolute atomic E-state index is 0.0457. The Morgan fingerprint density at radius 1 is 1.37 bits per heavy atom. The lowest BCUT2D eigenvalue weighted by molar-refractivity contribution is 0.0727. The van der Waals surface area contributed by atoms with Crippen molar-refractivity contribution in [3.05, 3.63) is 23.8 Å². The molecule has 2 rings (SSSR count). The normalized spacial score (nSPS) is 21.6. The number of aromatic hydroxyl groups is 2. The molecule has 1 unspecified atom stereocenters. The van der Waals surface area contributed by atoms with Gasteiger partial charge in [0, 0.05) is 25.4 Å². The van der Waals surface area contributed by atoms with E-state index in [-0.39, 0.29) is 23.0 Å². The maximum Gasteiger partial charge on any atom is 0.261 e. The first kappa shape index (κ1) is 13.2. The van der Waals surface area contributed by atoms with Crippen LogP contribution < -0.4 is 0 Å². The second-order valence-electron chi connectivity index (χ2n) is 4.66. The van der Waals surface area contributed by atoms with Crippen LogP contribution in [0.3, 0.4) is 0 Å². The van der Waals surface area contributed by atoms with Gasteiger partial charge < -0.3 is 20.3 Å². The highest BCUT2D eigenvalue weighted by atomic mass is 16.4. The van der Waals surface area contributed by atoms with E-state index in [0.717, 1.165) is 0 Å². The van der Waals surface area contributed by atoms with Crippen LogP contribution in [0.25, 0.3) is 0 Å². The summed E-state index contributed by atoms with van der Waals surface area (Å²) in [6, 6.07) is 4.19. The van der Waals surface area contributed by atoms with Gasteiger partial charge in [-0.1, -0.05) is 18.1 Å². The van der Waals surface area contributed by atoms with E-state index in [1.165, 1.54) is 23.1 Å². The topological polar surface area (TPSA) is 93.4 Å². The third-order valence-electron chi connectivity index (χ3n) is 3.35. The van der Waals surface area contributed by atoms with E-state index in [4.69, 9.17) is 5.21 Å². The SMILES string of the molecule is CC1CN(C(=O)c2c(O)cccc2O)CC/C1=N\O. The fraction of sp³-hybridized carbons (Fsp3) is 0.385. The van der Waals surface area contributed by atoms with Gasteiger partial charge in [0.15, 0.2) is 0 Å². The molecular formula is C13H16N2O4. The molecule has 0 aromatic heterocycles. The number of carbonyl (C=O) groups excluding carboxylic acids is 1. The molecule has 102 valence electrons. The molecule has 0 bridgehead atoms. The minimum Gasteiger partial charge on any atom is -0.507 e. The zero-order chi connectivity index (χ0) is 14.0. The second kappa shape index (κ2) is 5.17. The van der Waals surface area contributed by atoms with Crippen molar-refractivity contribution in [3.63, 3.8) is 0 Å². The maximum absolute atomic E-state index is 12.3. The van der Waals surface area contributed by atoms with Crippen molar-refractivity contribution in [2.24, 2.45) is 11.1 Å². The Labute approximate surface area is 110 Å². The lowest BCUT2D eigenvalue weighted by Gasteiger charge is -2.31. The van der Waals surface area contributed by atoms with E-state index in [1.807, 2.05) is 6.92 Å². The highest BCUT2D eigenvalue weighted by molar-refractivity contribution is 6.00. The average molecular weight is 264 g/mol. The summed E-state index contributed by atoms with van der Waals surface area (Å²) in [5.74, 6) is -0.936. The summed E-state index contributed by atoms with van der Waals surface area (Å²) in [4.78, 5) is 13.8. The van der Waals surface area contributed by atoms with Crippen LogP contribution in [0.15, 0.2) is 23.4 Å². The molecule has 1 aliphatic heterocycles. The van der Waals surface area contributed by atoms with E-state index in [9.17, 15) is 15.0 Å². The van der Waals surface area contributed by atoms with Gasteiger partial charge in [-0.15, -0.1) is 0 Å². The average Bonchev–Trinajstić information content (AvgIpc) is 2.38. The van der Waals surface area contributed by atoms with E-state index in [1.54, 1.807) is 0 Å². The van der Waals surface area contributed by atoms with Crippen LogP contribution in [-0.2, 0) is 0 Å². The lowest BCUT2D eigenvalue weighted by atomic mass is 9.97. The molecule has 3 N–H and O–H groups in total. The number of amides is 1. The van der Waals surface area contributed by atoms with Gasteiger partial charge in [0.2, 0.25) is 0 Å². The first-order chi connectivity index (χ1) is 9.04. The molecule has 1 aromatic rings. The van der Waals surface area contributed by atoms with Crippen molar-refractivity contribution >= 4 is 11.6 Å². The van der Waals surface area contributed by atoms with Crippen molar-refractivity contribution < 1.29 is 20.2 Å². The Morgan fingerprint density at radius 2 is 2.00 bits per heavy atom. The molecule has 0 aliphatic carbocycles. The third kappa shape index (κ3) is 2.47. The molecule has 0 saturated carbocycles. The standard InChI is InChI=1S/C13H16N2O4/c1-8-7-15(6-5-9(8)14-19)13(18)12-10(16)3-2-4-11(12)17/h2-4,8,16-17,19H,5-7H2,1H3/b14-9+. The first-order valence-corrected chi connectivity index (χ1v) is 6.05. The summed E-state index contributed by atoms with van der Waals surface area (Å²) in [5.41, 5.74) is 0.574. The van der Waals surface area contributed by atoms with Gasteiger partial charge in [-0.3, -0.25) is 4.79 Å². The number of rotatable bonds is 1. The highest BCUT2D eigenvalue weighted by Crippen LogP contribution is 2.29. The molecule has 0 radical (unpaired) electrons. The fourth-order valence-corrected chi connectivity index (χ4v) is 2.26. The molecule has 19 heavy (non-hydrogen) atoms. The number of hydrogen-bond acceptors (Lipinski definition) is 5. The van der Waals surface area contributed by atoms with E-state index in [2.05, 4.69) is 5.16 Å². The zero-order valence-corrected chi connectivity index (χ0v) is 10.6. The molecular weight excluding hydrogens is 248 g/mol. The van der Waals surface area contributed by atoms with Crippen molar-refractivity contribution in [3.8, 4) is 11.5 Å². The van der Waals surface area contributed by atoms with Gasteiger partial charge in [0.05, 0.1) is 5.71 Å². The molecule has 1 atom stereocenters. The van der Waals surface area contributed by atoms with Crippen LogP contribution in [0.5, 0.6) is 11.5 Å². The summed E-state index contributed by atoms with van der Waals surface area (Å²) in [5, 5.41) is 31.4. The Bertz CT molecular complexity index is 507. The number of benzene rings is 1. The maximum atomic E-state index is 12.3. The first-order valence-electron chi connectivity index (χ1n) is 6.05. The number of nitrogens with zero attached hydrogens (tertiary/aromatic N) is 2. The van der Waals surface area contributed by atoms with Crippen LogP contribution >= 0.6 is 0 Å². The van der Waals surface area contributed by atoms with Crippen LogP contribution in [0.1, 0.15) is 23.7 Å². The summed E-state index contributed by atoms with van der Waals surface area (Å²) >= 11 is 0. The van der Waals surface area contributed by atoms with Crippen LogP contribution in [0.2, 0.25) is 0 Å². The largest absolute Gasteiger partial charge is 0.507 e. The number of hydrogen-bond donors (Lipinski definition) is 3. The van der Waals surface area contributed by atoms with Crippen LogP contribution in [0, 0.1) is 5.92 Å². The Balaban J connectivity index is 2.22. The molecule has 1 heterocycles. The Hall–Kier alpha value is -2.24. The lowest BCUT2D eigenvalue weighted by Crippen LogP contribution is -2.43. The summed E-state index contributed by atoms with van der Waals surface area (Å²) in [6.45, 7) is 2.65. The van der Waals surface area contributed by atoms with Crippen molar-refractivity contribution in [1.29, 1.82) is 0 Å². The number of carbonyl (C=O) groups is 1. The van der Waals surface area contributed by atoms with Gasteiger partial charge in [-0.2, -0.15) is 0 Å². The number of likely N-dealkylation sites (tertiary alicyclic amines) is 1. The summed E-state index contributed by atoms with van der Waals surface area (Å²) in [7, 11) is 0. The van der Waals surface area contributed by atoms with Gasteiger partial charge in [0.25, 0.3) is 5.91 Å². The Morgan fingerprint density at radius 3 is 2.53 bits per heavy atom. The molecule has 1 aromatic carbocycles. The smallest absolute Gasteiger partial charge is 0.261 e. The van der Waals surface area contributed by atoms with Crippen molar-refractivity contribution in [2.45, 2.75) is 13.3 Å². The fourth-order valence-electron chi connectivity index (χ4n) is 2.26.